The fraction of sp³-hybridized carbons (Fsp3) is 0.294. The minimum absolute atomic E-state index is 0.275. The van der Waals surface area contributed by atoms with Gasteiger partial charge in [-0.2, -0.15) is 0 Å². The molecule has 0 bridgehead atoms. The van der Waals surface area contributed by atoms with Crippen LogP contribution in [-0.4, -0.2) is 6.04 Å². The van der Waals surface area contributed by atoms with Crippen LogP contribution in [0.2, 0.25) is 5.02 Å². The number of nitrogens with two attached hydrogens (primary N) is 1. The number of rotatable bonds is 6. The van der Waals surface area contributed by atoms with Crippen LogP contribution in [0.3, 0.4) is 0 Å². The molecule has 20 heavy (non-hydrogen) atoms. The number of hydrazine groups is 1. The molecule has 0 amide bonds. The van der Waals surface area contributed by atoms with Crippen LogP contribution in [0.25, 0.3) is 0 Å². The van der Waals surface area contributed by atoms with E-state index in [2.05, 4.69) is 48.7 Å². The van der Waals surface area contributed by atoms with Gasteiger partial charge in [-0.05, 0) is 49.4 Å². The lowest BCUT2D eigenvalue weighted by Crippen LogP contribution is -2.37. The summed E-state index contributed by atoms with van der Waals surface area (Å²) in [5.74, 6) is 5.67. The predicted molar refractivity (Wildman–Crippen MR) is 85.8 cm³/mol. The standard InChI is InChI=1S/C17H21ClN2/c1-13-3-2-4-14(11-13)7-10-17(20-19)12-15-5-8-16(18)9-6-15/h2-6,8-9,11,17,20H,7,10,12,19H2,1H3. The molecule has 2 nitrogen and oxygen atoms in total. The highest BCUT2D eigenvalue weighted by Gasteiger charge is 2.08. The topological polar surface area (TPSA) is 38.0 Å². The second kappa shape index (κ2) is 7.44. The second-order valence-electron chi connectivity index (χ2n) is 5.22. The highest BCUT2D eigenvalue weighted by atomic mass is 35.5. The molecule has 2 rings (SSSR count). The van der Waals surface area contributed by atoms with Gasteiger partial charge in [0.2, 0.25) is 0 Å². The minimum atomic E-state index is 0.275. The smallest absolute Gasteiger partial charge is 0.0406 e. The fourth-order valence-electron chi connectivity index (χ4n) is 2.36. The molecule has 0 aliphatic heterocycles. The van der Waals surface area contributed by atoms with Crippen molar-refractivity contribution in [3.05, 3.63) is 70.2 Å². The zero-order valence-corrected chi connectivity index (χ0v) is 12.5. The maximum atomic E-state index is 5.90. The first kappa shape index (κ1) is 15.0. The number of nitrogens with one attached hydrogen (secondary N) is 1. The van der Waals surface area contributed by atoms with Crippen LogP contribution in [-0.2, 0) is 12.8 Å². The Morgan fingerprint density at radius 2 is 1.85 bits per heavy atom. The van der Waals surface area contributed by atoms with Gasteiger partial charge in [0.25, 0.3) is 0 Å². The van der Waals surface area contributed by atoms with E-state index in [1.807, 2.05) is 12.1 Å². The normalized spacial score (nSPS) is 12.3. The van der Waals surface area contributed by atoms with Crippen LogP contribution in [0.1, 0.15) is 23.1 Å². The average Bonchev–Trinajstić information content (AvgIpc) is 2.45. The van der Waals surface area contributed by atoms with Crippen molar-refractivity contribution in [3.63, 3.8) is 0 Å². The van der Waals surface area contributed by atoms with Gasteiger partial charge in [-0.3, -0.25) is 11.3 Å². The number of hydrogen-bond acceptors (Lipinski definition) is 2. The monoisotopic (exact) mass is 288 g/mol. The lowest BCUT2D eigenvalue weighted by atomic mass is 9.99. The summed E-state index contributed by atoms with van der Waals surface area (Å²) < 4.78 is 0. The summed E-state index contributed by atoms with van der Waals surface area (Å²) in [5, 5.41) is 0.769. The molecule has 0 fully saturated rings. The summed E-state index contributed by atoms with van der Waals surface area (Å²) >= 11 is 5.90. The number of hydrogen-bond donors (Lipinski definition) is 2. The molecule has 0 heterocycles. The van der Waals surface area contributed by atoms with Crippen LogP contribution in [0.15, 0.2) is 48.5 Å². The lowest BCUT2D eigenvalue weighted by molar-refractivity contribution is 0.491. The average molecular weight is 289 g/mol. The Balaban J connectivity index is 1.90. The summed E-state index contributed by atoms with van der Waals surface area (Å²) in [6.45, 7) is 2.12. The van der Waals surface area contributed by atoms with Gasteiger partial charge in [0.1, 0.15) is 0 Å². The summed E-state index contributed by atoms with van der Waals surface area (Å²) in [5.41, 5.74) is 6.83. The molecule has 0 saturated heterocycles. The van der Waals surface area contributed by atoms with Crippen LogP contribution in [0.4, 0.5) is 0 Å². The van der Waals surface area contributed by atoms with E-state index in [4.69, 9.17) is 17.4 Å². The van der Waals surface area contributed by atoms with Crippen molar-refractivity contribution in [2.45, 2.75) is 32.2 Å². The van der Waals surface area contributed by atoms with Crippen molar-refractivity contribution in [2.24, 2.45) is 5.84 Å². The molecule has 3 N–H and O–H groups in total. The van der Waals surface area contributed by atoms with E-state index in [1.54, 1.807) is 0 Å². The maximum Gasteiger partial charge on any atom is 0.0406 e. The van der Waals surface area contributed by atoms with E-state index < -0.39 is 0 Å². The van der Waals surface area contributed by atoms with Crippen molar-refractivity contribution in [1.29, 1.82) is 0 Å². The molecule has 2 aromatic carbocycles. The van der Waals surface area contributed by atoms with Crippen molar-refractivity contribution in [2.75, 3.05) is 0 Å². The summed E-state index contributed by atoms with van der Waals surface area (Å²) in [6.07, 6.45) is 2.96. The number of benzene rings is 2. The lowest BCUT2D eigenvalue weighted by Gasteiger charge is -2.16. The predicted octanol–water partition coefficient (Wildman–Crippen LogP) is 3.66. The van der Waals surface area contributed by atoms with Gasteiger partial charge in [-0.1, -0.05) is 53.6 Å². The molecular formula is C17H21ClN2. The van der Waals surface area contributed by atoms with E-state index in [1.165, 1.54) is 16.7 Å². The van der Waals surface area contributed by atoms with Crippen LogP contribution in [0.5, 0.6) is 0 Å². The highest BCUT2D eigenvalue weighted by Crippen LogP contribution is 2.14. The number of halogens is 1. The fourth-order valence-corrected chi connectivity index (χ4v) is 2.48. The molecule has 0 saturated carbocycles. The Hall–Kier alpha value is -1.35. The summed E-state index contributed by atoms with van der Waals surface area (Å²) in [6, 6.07) is 16.9. The molecule has 2 aromatic rings. The van der Waals surface area contributed by atoms with Crippen molar-refractivity contribution >= 4 is 11.6 Å². The Bertz CT molecular complexity index is 537. The van der Waals surface area contributed by atoms with Crippen molar-refractivity contribution < 1.29 is 0 Å². The molecule has 1 atom stereocenters. The first-order valence-corrected chi connectivity index (χ1v) is 7.31. The zero-order chi connectivity index (χ0) is 14.4. The zero-order valence-electron chi connectivity index (χ0n) is 11.8. The molecule has 0 radical (unpaired) electrons. The maximum absolute atomic E-state index is 5.90. The van der Waals surface area contributed by atoms with Crippen LogP contribution < -0.4 is 11.3 Å². The Labute approximate surface area is 125 Å². The van der Waals surface area contributed by atoms with Gasteiger partial charge >= 0.3 is 0 Å². The van der Waals surface area contributed by atoms with E-state index in [9.17, 15) is 0 Å². The molecule has 0 aliphatic carbocycles. The van der Waals surface area contributed by atoms with Crippen molar-refractivity contribution in [3.8, 4) is 0 Å². The van der Waals surface area contributed by atoms with E-state index in [0.29, 0.717) is 0 Å². The third-order valence-electron chi connectivity index (χ3n) is 3.50. The van der Waals surface area contributed by atoms with Gasteiger partial charge in [0.05, 0.1) is 0 Å². The van der Waals surface area contributed by atoms with E-state index >= 15 is 0 Å². The highest BCUT2D eigenvalue weighted by molar-refractivity contribution is 6.30. The SMILES string of the molecule is Cc1cccc(CCC(Cc2ccc(Cl)cc2)NN)c1. The molecule has 0 aromatic heterocycles. The number of aryl methyl sites for hydroxylation is 2. The van der Waals surface area contributed by atoms with E-state index in [0.717, 1.165) is 24.3 Å². The second-order valence-corrected chi connectivity index (χ2v) is 5.66. The van der Waals surface area contributed by atoms with E-state index in [-0.39, 0.29) is 6.04 Å². The minimum Gasteiger partial charge on any atom is -0.271 e. The largest absolute Gasteiger partial charge is 0.271 e. The van der Waals surface area contributed by atoms with Crippen LogP contribution >= 0.6 is 11.6 Å². The Morgan fingerprint density at radius 3 is 2.50 bits per heavy atom. The first-order chi connectivity index (χ1) is 9.67. The van der Waals surface area contributed by atoms with Gasteiger partial charge in [0.15, 0.2) is 0 Å². The Kier molecular flexibility index (Phi) is 5.60. The third kappa shape index (κ3) is 4.64. The van der Waals surface area contributed by atoms with Gasteiger partial charge in [-0.15, -0.1) is 0 Å². The quantitative estimate of drug-likeness (QED) is 0.629. The molecule has 106 valence electrons. The molecule has 0 aliphatic rings. The molecule has 1 unspecified atom stereocenters. The van der Waals surface area contributed by atoms with Gasteiger partial charge < -0.3 is 0 Å². The molecule has 0 spiro atoms. The third-order valence-corrected chi connectivity index (χ3v) is 3.75. The molecular weight excluding hydrogens is 268 g/mol. The summed E-state index contributed by atoms with van der Waals surface area (Å²) in [7, 11) is 0. The van der Waals surface area contributed by atoms with Gasteiger partial charge in [-0.25, -0.2) is 0 Å². The molecule has 3 heteroatoms. The van der Waals surface area contributed by atoms with Crippen LogP contribution in [0, 0.1) is 6.92 Å². The van der Waals surface area contributed by atoms with Crippen molar-refractivity contribution in [1.82, 2.24) is 5.43 Å². The first-order valence-electron chi connectivity index (χ1n) is 6.93. The summed E-state index contributed by atoms with van der Waals surface area (Å²) in [4.78, 5) is 0. The van der Waals surface area contributed by atoms with Gasteiger partial charge in [0, 0.05) is 11.1 Å². The Morgan fingerprint density at radius 1 is 1.10 bits per heavy atom.